The Kier molecular flexibility index (Phi) is 5.59. The van der Waals surface area contributed by atoms with E-state index < -0.39 is 6.04 Å². The van der Waals surface area contributed by atoms with Crippen molar-refractivity contribution >= 4 is 17.3 Å². The summed E-state index contributed by atoms with van der Waals surface area (Å²) in [5.41, 5.74) is 7.87. The van der Waals surface area contributed by atoms with Crippen molar-refractivity contribution in [1.29, 1.82) is 0 Å². The molecule has 1 fully saturated rings. The number of morpholine rings is 1. The molecular weight excluding hydrogens is 266 g/mol. The Bertz CT molecular complexity index is 455. The second-order valence-corrected chi connectivity index (χ2v) is 5.55. The third-order valence-corrected chi connectivity index (χ3v) is 4.07. The van der Waals surface area contributed by atoms with Crippen LogP contribution in [0.2, 0.25) is 0 Å². The van der Waals surface area contributed by atoms with Crippen LogP contribution in [0.25, 0.3) is 0 Å². The zero-order valence-electron chi connectivity index (χ0n) is 12.8. The number of carbonyl (C=O) groups excluding carboxylic acids is 1. The molecule has 0 aromatic heterocycles. The first-order valence-corrected chi connectivity index (χ1v) is 7.61. The van der Waals surface area contributed by atoms with Crippen molar-refractivity contribution in [2.75, 3.05) is 36.5 Å². The fourth-order valence-corrected chi connectivity index (χ4v) is 2.32. The average molecular weight is 291 g/mol. The van der Waals surface area contributed by atoms with Crippen LogP contribution in [0.4, 0.5) is 11.4 Å². The Hall–Kier alpha value is -1.59. The van der Waals surface area contributed by atoms with Crippen molar-refractivity contribution < 1.29 is 9.53 Å². The minimum absolute atomic E-state index is 0.122. The first-order chi connectivity index (χ1) is 10.1. The van der Waals surface area contributed by atoms with Crippen LogP contribution in [0.15, 0.2) is 24.3 Å². The number of nitrogens with one attached hydrogen (secondary N) is 1. The van der Waals surface area contributed by atoms with Gasteiger partial charge in [-0.3, -0.25) is 4.79 Å². The van der Waals surface area contributed by atoms with Gasteiger partial charge in [0.15, 0.2) is 0 Å². The van der Waals surface area contributed by atoms with E-state index in [2.05, 4.69) is 10.2 Å². The third-order valence-electron chi connectivity index (χ3n) is 4.07. The lowest BCUT2D eigenvalue weighted by atomic mass is 9.99. The molecule has 0 saturated carbocycles. The number of ether oxygens (including phenoxy) is 1. The van der Waals surface area contributed by atoms with Gasteiger partial charge in [-0.05, 0) is 30.2 Å². The van der Waals surface area contributed by atoms with Crippen LogP contribution in [-0.2, 0) is 9.53 Å². The Balaban J connectivity index is 1.94. The van der Waals surface area contributed by atoms with Crippen LogP contribution in [0.3, 0.4) is 0 Å². The molecule has 0 bridgehead atoms. The Labute approximate surface area is 126 Å². The van der Waals surface area contributed by atoms with Crippen molar-refractivity contribution in [3.63, 3.8) is 0 Å². The summed E-state index contributed by atoms with van der Waals surface area (Å²) in [6, 6.07) is 7.43. The number of nitrogens with two attached hydrogens (primary N) is 1. The molecule has 5 nitrogen and oxygen atoms in total. The van der Waals surface area contributed by atoms with Crippen LogP contribution in [0.5, 0.6) is 0 Å². The summed E-state index contributed by atoms with van der Waals surface area (Å²) in [5, 5.41) is 2.88. The lowest BCUT2D eigenvalue weighted by Gasteiger charge is -2.29. The molecule has 21 heavy (non-hydrogen) atoms. The Morgan fingerprint density at radius 2 is 1.95 bits per heavy atom. The molecule has 3 N–H and O–H groups in total. The van der Waals surface area contributed by atoms with Gasteiger partial charge in [0.05, 0.1) is 19.3 Å². The fourth-order valence-electron chi connectivity index (χ4n) is 2.32. The summed E-state index contributed by atoms with van der Waals surface area (Å²) in [6.45, 7) is 7.38. The van der Waals surface area contributed by atoms with E-state index in [0.29, 0.717) is 0 Å². The maximum atomic E-state index is 12.0. The summed E-state index contributed by atoms with van der Waals surface area (Å²) in [4.78, 5) is 14.3. The predicted octanol–water partition coefficient (Wildman–Crippen LogP) is 1.84. The molecule has 1 heterocycles. The van der Waals surface area contributed by atoms with E-state index in [1.54, 1.807) is 0 Å². The van der Waals surface area contributed by atoms with Gasteiger partial charge in [-0.1, -0.05) is 20.3 Å². The normalized spacial score (nSPS) is 18.1. The molecule has 1 aliphatic rings. The number of benzene rings is 1. The van der Waals surface area contributed by atoms with E-state index >= 15 is 0 Å². The van der Waals surface area contributed by atoms with Crippen molar-refractivity contribution in [2.24, 2.45) is 11.7 Å². The lowest BCUT2D eigenvalue weighted by Crippen LogP contribution is -2.40. The highest BCUT2D eigenvalue weighted by molar-refractivity contribution is 5.95. The highest BCUT2D eigenvalue weighted by Crippen LogP contribution is 2.19. The lowest BCUT2D eigenvalue weighted by molar-refractivity contribution is -0.118. The largest absolute Gasteiger partial charge is 0.378 e. The second-order valence-electron chi connectivity index (χ2n) is 5.55. The van der Waals surface area contributed by atoms with Crippen molar-refractivity contribution in [3.8, 4) is 0 Å². The monoisotopic (exact) mass is 291 g/mol. The number of amides is 1. The molecule has 0 unspecified atom stereocenters. The van der Waals surface area contributed by atoms with Gasteiger partial charge in [0.25, 0.3) is 0 Å². The highest BCUT2D eigenvalue weighted by atomic mass is 16.5. The molecular formula is C16H25N3O2. The molecule has 5 heteroatoms. The minimum atomic E-state index is -0.464. The summed E-state index contributed by atoms with van der Waals surface area (Å²) in [5.74, 6) is 0.0566. The maximum absolute atomic E-state index is 12.0. The molecule has 1 aromatic rings. The quantitative estimate of drug-likeness (QED) is 0.868. The van der Waals surface area contributed by atoms with Crippen molar-refractivity contribution in [1.82, 2.24) is 0 Å². The Morgan fingerprint density at radius 1 is 1.33 bits per heavy atom. The molecule has 1 aliphatic heterocycles. The first kappa shape index (κ1) is 15.8. The number of anilines is 2. The van der Waals surface area contributed by atoms with Crippen molar-refractivity contribution in [2.45, 2.75) is 26.3 Å². The standard InChI is InChI=1S/C16H25N3O2/c1-3-12(2)15(17)16(20)18-13-4-6-14(7-5-13)19-8-10-21-11-9-19/h4-7,12,15H,3,8-11,17H2,1-2H3,(H,18,20)/t12-,15-/m0/s1. The first-order valence-electron chi connectivity index (χ1n) is 7.61. The van der Waals surface area contributed by atoms with E-state index in [9.17, 15) is 4.79 Å². The molecule has 2 rings (SSSR count). The summed E-state index contributed by atoms with van der Waals surface area (Å²) < 4.78 is 5.34. The highest BCUT2D eigenvalue weighted by Gasteiger charge is 2.19. The average Bonchev–Trinajstić information content (AvgIpc) is 2.54. The van der Waals surface area contributed by atoms with Crippen molar-refractivity contribution in [3.05, 3.63) is 24.3 Å². The number of nitrogens with zero attached hydrogens (tertiary/aromatic N) is 1. The zero-order chi connectivity index (χ0) is 15.2. The fraction of sp³-hybridized carbons (Fsp3) is 0.562. The predicted molar refractivity (Wildman–Crippen MR) is 85.5 cm³/mol. The Morgan fingerprint density at radius 3 is 2.52 bits per heavy atom. The van der Waals surface area contributed by atoms with Gasteiger partial charge in [0, 0.05) is 24.5 Å². The SMILES string of the molecule is CC[C@H](C)[C@H](N)C(=O)Nc1ccc(N2CCOCC2)cc1. The van der Waals surface area contributed by atoms with Gasteiger partial charge in [-0.25, -0.2) is 0 Å². The topological polar surface area (TPSA) is 67.6 Å². The van der Waals surface area contributed by atoms with E-state index in [1.807, 2.05) is 38.1 Å². The smallest absolute Gasteiger partial charge is 0.241 e. The number of hydrogen-bond acceptors (Lipinski definition) is 4. The third kappa shape index (κ3) is 4.19. The zero-order valence-corrected chi connectivity index (χ0v) is 12.8. The van der Waals surface area contributed by atoms with Crippen LogP contribution in [0, 0.1) is 5.92 Å². The molecule has 1 aromatic carbocycles. The molecule has 0 spiro atoms. The van der Waals surface area contributed by atoms with Crippen LogP contribution >= 0.6 is 0 Å². The van der Waals surface area contributed by atoms with E-state index in [4.69, 9.17) is 10.5 Å². The molecule has 2 atom stereocenters. The van der Waals surface area contributed by atoms with Gasteiger partial charge in [0.1, 0.15) is 0 Å². The molecule has 116 valence electrons. The maximum Gasteiger partial charge on any atom is 0.241 e. The number of carbonyl (C=O) groups is 1. The van der Waals surface area contributed by atoms with Gasteiger partial charge in [-0.15, -0.1) is 0 Å². The molecule has 0 radical (unpaired) electrons. The number of rotatable bonds is 5. The summed E-state index contributed by atoms with van der Waals surface area (Å²) >= 11 is 0. The molecule has 0 aliphatic carbocycles. The molecule has 1 saturated heterocycles. The van der Waals surface area contributed by atoms with Crippen LogP contribution < -0.4 is 16.0 Å². The second kappa shape index (κ2) is 7.43. The van der Waals surface area contributed by atoms with Gasteiger partial charge in [-0.2, -0.15) is 0 Å². The van der Waals surface area contributed by atoms with Gasteiger partial charge in [0.2, 0.25) is 5.91 Å². The van der Waals surface area contributed by atoms with Crippen LogP contribution in [0.1, 0.15) is 20.3 Å². The molecule has 1 amide bonds. The van der Waals surface area contributed by atoms with E-state index in [1.165, 1.54) is 0 Å². The minimum Gasteiger partial charge on any atom is -0.378 e. The summed E-state index contributed by atoms with van der Waals surface area (Å²) in [7, 11) is 0. The van der Waals surface area contributed by atoms with E-state index in [0.717, 1.165) is 44.1 Å². The van der Waals surface area contributed by atoms with E-state index in [-0.39, 0.29) is 11.8 Å². The van der Waals surface area contributed by atoms with Crippen LogP contribution in [-0.4, -0.2) is 38.3 Å². The number of hydrogen-bond donors (Lipinski definition) is 2. The van der Waals surface area contributed by atoms with Gasteiger partial charge < -0.3 is 20.7 Å². The summed E-state index contributed by atoms with van der Waals surface area (Å²) in [6.07, 6.45) is 0.893. The van der Waals surface area contributed by atoms with Gasteiger partial charge >= 0.3 is 0 Å².